The predicted molar refractivity (Wildman–Crippen MR) is 66.2 cm³/mol. The van der Waals surface area contributed by atoms with Crippen molar-refractivity contribution < 1.29 is 14.4 Å². The average molecular weight is 246 g/mol. The van der Waals surface area contributed by atoms with Crippen molar-refractivity contribution in [3.63, 3.8) is 0 Å². The van der Waals surface area contributed by atoms with Crippen LogP contribution >= 0.6 is 0 Å². The van der Waals surface area contributed by atoms with Crippen LogP contribution in [-0.2, 0) is 9.59 Å². The van der Waals surface area contributed by atoms with E-state index in [0.29, 0.717) is 24.1 Å². The van der Waals surface area contributed by atoms with Crippen molar-refractivity contribution in [2.75, 3.05) is 5.32 Å². The summed E-state index contributed by atoms with van der Waals surface area (Å²) in [5, 5.41) is 5.30. The molecule has 0 spiro atoms. The van der Waals surface area contributed by atoms with E-state index in [2.05, 4.69) is 10.6 Å². The molecule has 2 N–H and O–H groups in total. The maximum atomic E-state index is 11.8. The Balaban J connectivity index is 1.99. The van der Waals surface area contributed by atoms with Crippen LogP contribution in [0.25, 0.3) is 0 Å². The van der Waals surface area contributed by atoms with Crippen LogP contribution in [0.3, 0.4) is 0 Å². The van der Waals surface area contributed by atoms with Gasteiger partial charge >= 0.3 is 0 Å². The van der Waals surface area contributed by atoms with Gasteiger partial charge in [-0.3, -0.25) is 14.4 Å². The van der Waals surface area contributed by atoms with Crippen LogP contribution in [-0.4, -0.2) is 23.6 Å². The zero-order chi connectivity index (χ0) is 13.1. The molecule has 0 saturated carbocycles. The Hall–Kier alpha value is -2.17. The highest BCUT2D eigenvalue weighted by Gasteiger charge is 2.26. The fraction of sp³-hybridized carbons (Fsp3) is 0.308. The summed E-state index contributed by atoms with van der Waals surface area (Å²) in [6.45, 7) is 1.49. The molecule has 5 nitrogen and oxygen atoms in total. The van der Waals surface area contributed by atoms with Gasteiger partial charge in [-0.25, -0.2) is 0 Å². The lowest BCUT2D eigenvalue weighted by atomic mass is 10.1. The van der Waals surface area contributed by atoms with Gasteiger partial charge < -0.3 is 10.6 Å². The summed E-state index contributed by atoms with van der Waals surface area (Å²) in [5.74, 6) is -0.338. The number of carbonyl (C=O) groups is 3. The molecule has 1 aliphatic heterocycles. The largest absolute Gasteiger partial charge is 0.344 e. The minimum Gasteiger partial charge on any atom is -0.344 e. The van der Waals surface area contributed by atoms with Gasteiger partial charge in [-0.2, -0.15) is 0 Å². The molecule has 1 heterocycles. The minimum atomic E-state index is -0.454. The van der Waals surface area contributed by atoms with E-state index in [1.807, 2.05) is 0 Å². The van der Waals surface area contributed by atoms with E-state index in [9.17, 15) is 14.4 Å². The number of hydrogen-bond donors (Lipinski definition) is 2. The summed E-state index contributed by atoms with van der Waals surface area (Å²) in [5.41, 5.74) is 1.22. The Labute approximate surface area is 105 Å². The Bertz CT molecular complexity index is 493. The van der Waals surface area contributed by atoms with E-state index in [1.165, 1.54) is 6.92 Å². The van der Waals surface area contributed by atoms with Crippen LogP contribution in [0.2, 0.25) is 0 Å². The first kappa shape index (κ1) is 12.3. The van der Waals surface area contributed by atoms with Crippen molar-refractivity contribution in [2.45, 2.75) is 25.8 Å². The van der Waals surface area contributed by atoms with Crippen molar-refractivity contribution >= 4 is 23.3 Å². The summed E-state index contributed by atoms with van der Waals surface area (Å²) in [6, 6.07) is 6.21. The highest BCUT2D eigenvalue weighted by atomic mass is 16.2. The minimum absolute atomic E-state index is 0.0177. The quantitative estimate of drug-likeness (QED) is 0.784. The van der Waals surface area contributed by atoms with Gasteiger partial charge in [0, 0.05) is 17.7 Å². The van der Waals surface area contributed by atoms with Crippen LogP contribution in [0, 0.1) is 0 Å². The van der Waals surface area contributed by atoms with Gasteiger partial charge in [0.1, 0.15) is 6.04 Å². The van der Waals surface area contributed by atoms with E-state index in [4.69, 9.17) is 0 Å². The summed E-state index contributed by atoms with van der Waals surface area (Å²) < 4.78 is 0. The number of anilines is 1. The van der Waals surface area contributed by atoms with Crippen LogP contribution in [0.5, 0.6) is 0 Å². The number of benzene rings is 1. The van der Waals surface area contributed by atoms with Crippen molar-refractivity contribution in [1.82, 2.24) is 5.32 Å². The molecule has 5 heteroatoms. The molecule has 1 saturated heterocycles. The maximum absolute atomic E-state index is 11.8. The van der Waals surface area contributed by atoms with Gasteiger partial charge in [-0.1, -0.05) is 0 Å². The number of Topliss-reactive ketones (excluding diaryl/α,β-unsaturated/α-hetero) is 1. The van der Waals surface area contributed by atoms with Crippen LogP contribution in [0.4, 0.5) is 5.69 Å². The first-order valence-corrected chi connectivity index (χ1v) is 5.77. The first-order chi connectivity index (χ1) is 8.56. The highest BCUT2D eigenvalue weighted by Crippen LogP contribution is 2.13. The first-order valence-electron chi connectivity index (χ1n) is 5.77. The highest BCUT2D eigenvalue weighted by molar-refractivity contribution is 5.99. The van der Waals surface area contributed by atoms with Gasteiger partial charge in [0.15, 0.2) is 5.78 Å². The number of carbonyl (C=O) groups excluding carboxylic acids is 3. The second-order valence-electron chi connectivity index (χ2n) is 4.28. The third-order valence-corrected chi connectivity index (χ3v) is 2.87. The summed E-state index contributed by atoms with van der Waals surface area (Å²) in [7, 11) is 0. The van der Waals surface area contributed by atoms with Gasteiger partial charge in [0.05, 0.1) is 0 Å². The monoisotopic (exact) mass is 246 g/mol. The molecule has 1 atom stereocenters. The lowest BCUT2D eigenvalue weighted by Crippen LogP contribution is -2.37. The number of rotatable bonds is 3. The Morgan fingerprint density at radius 2 is 1.94 bits per heavy atom. The molecule has 0 aromatic heterocycles. The molecule has 2 amide bonds. The summed E-state index contributed by atoms with van der Waals surface area (Å²) >= 11 is 0. The standard InChI is InChI=1S/C13H14N2O3/c1-8(16)9-2-4-10(5-3-9)14-13(18)11-6-7-12(17)15-11/h2-5,11H,6-7H2,1H3,(H,14,18)(H,15,17). The average Bonchev–Trinajstić information content (AvgIpc) is 2.76. The van der Waals surface area contributed by atoms with Crippen molar-refractivity contribution in [3.05, 3.63) is 29.8 Å². The van der Waals surface area contributed by atoms with Crippen molar-refractivity contribution in [2.24, 2.45) is 0 Å². The van der Waals surface area contributed by atoms with Crippen LogP contribution < -0.4 is 10.6 Å². The Morgan fingerprint density at radius 1 is 1.28 bits per heavy atom. The molecule has 0 radical (unpaired) electrons. The van der Waals surface area contributed by atoms with Gasteiger partial charge in [0.2, 0.25) is 11.8 Å². The molecule has 1 unspecified atom stereocenters. The molecule has 1 aromatic carbocycles. The second-order valence-corrected chi connectivity index (χ2v) is 4.28. The van der Waals surface area contributed by atoms with Gasteiger partial charge in [0.25, 0.3) is 0 Å². The lowest BCUT2D eigenvalue weighted by molar-refractivity contribution is -0.122. The molecular weight excluding hydrogens is 232 g/mol. The fourth-order valence-electron chi connectivity index (χ4n) is 1.83. The molecule has 1 fully saturated rings. The molecule has 1 aliphatic rings. The molecule has 2 rings (SSSR count). The smallest absolute Gasteiger partial charge is 0.246 e. The fourth-order valence-corrected chi connectivity index (χ4v) is 1.83. The summed E-state index contributed by atoms with van der Waals surface area (Å²) in [4.78, 5) is 33.9. The Kier molecular flexibility index (Phi) is 3.41. The molecule has 0 bridgehead atoms. The topological polar surface area (TPSA) is 75.3 Å². The zero-order valence-electron chi connectivity index (χ0n) is 10.0. The second kappa shape index (κ2) is 5.00. The molecule has 0 aliphatic carbocycles. The lowest BCUT2D eigenvalue weighted by Gasteiger charge is -2.10. The number of hydrogen-bond acceptors (Lipinski definition) is 3. The predicted octanol–water partition coefficient (Wildman–Crippen LogP) is 1.11. The van der Waals surface area contributed by atoms with Crippen LogP contribution in [0.1, 0.15) is 30.1 Å². The zero-order valence-corrected chi connectivity index (χ0v) is 10.0. The van der Waals surface area contributed by atoms with Crippen molar-refractivity contribution in [1.29, 1.82) is 0 Å². The molecule has 18 heavy (non-hydrogen) atoms. The van der Waals surface area contributed by atoms with Crippen molar-refractivity contribution in [3.8, 4) is 0 Å². The SMILES string of the molecule is CC(=O)c1ccc(NC(=O)C2CCC(=O)N2)cc1. The maximum Gasteiger partial charge on any atom is 0.246 e. The Morgan fingerprint density at radius 3 is 2.44 bits per heavy atom. The third-order valence-electron chi connectivity index (χ3n) is 2.87. The number of nitrogens with one attached hydrogen (secondary N) is 2. The number of ketones is 1. The summed E-state index contributed by atoms with van der Waals surface area (Å²) in [6.07, 6.45) is 0.914. The van der Waals surface area contributed by atoms with Gasteiger partial charge in [-0.05, 0) is 37.6 Å². The van der Waals surface area contributed by atoms with E-state index < -0.39 is 6.04 Å². The van der Waals surface area contributed by atoms with Gasteiger partial charge in [-0.15, -0.1) is 0 Å². The molecule has 1 aromatic rings. The van der Waals surface area contributed by atoms with E-state index in [-0.39, 0.29) is 17.6 Å². The van der Waals surface area contributed by atoms with E-state index in [1.54, 1.807) is 24.3 Å². The third kappa shape index (κ3) is 2.74. The van der Waals surface area contributed by atoms with E-state index in [0.717, 1.165) is 0 Å². The molecule has 94 valence electrons. The molecular formula is C13H14N2O3. The number of amides is 2. The van der Waals surface area contributed by atoms with E-state index >= 15 is 0 Å². The van der Waals surface area contributed by atoms with Crippen LogP contribution in [0.15, 0.2) is 24.3 Å². The normalized spacial score (nSPS) is 18.3.